The molecule has 1 aliphatic heterocycles. The van der Waals surface area contributed by atoms with Gasteiger partial charge in [0.25, 0.3) is 0 Å². The summed E-state index contributed by atoms with van der Waals surface area (Å²) in [6.07, 6.45) is 12.0. The molecule has 2 atom stereocenters. The zero-order valence-corrected chi connectivity index (χ0v) is 33.9. The first-order valence-corrected chi connectivity index (χ1v) is 23.0. The Hall–Kier alpha value is -1.63. The number of hydrogen-bond acceptors (Lipinski definition) is 2. The Morgan fingerprint density at radius 2 is 1.19 bits per heavy atom. The van der Waals surface area contributed by atoms with Gasteiger partial charge in [-0.2, -0.15) is 0 Å². The molecular weight excluding hydrogens is 723 g/mol. The van der Waals surface area contributed by atoms with Crippen LogP contribution in [0.3, 0.4) is 0 Å². The summed E-state index contributed by atoms with van der Waals surface area (Å²) in [6.45, 7) is 18.1. The third kappa shape index (κ3) is 12.3. The van der Waals surface area contributed by atoms with E-state index in [-0.39, 0.29) is 20.8 Å². The molecule has 0 spiro atoms. The molecule has 258 valence electrons. The van der Waals surface area contributed by atoms with E-state index in [4.69, 9.17) is 19.4 Å². The van der Waals surface area contributed by atoms with Crippen LogP contribution in [0.1, 0.15) is 126 Å². The number of halogens is 2. The number of benzene rings is 3. The first-order chi connectivity index (χ1) is 22.7. The summed E-state index contributed by atoms with van der Waals surface area (Å²) >= 11 is -0.346. The van der Waals surface area contributed by atoms with Crippen LogP contribution in [0.2, 0.25) is 0 Å². The summed E-state index contributed by atoms with van der Waals surface area (Å²) < 4.78 is 0. The Bertz CT molecular complexity index is 1400. The fourth-order valence-corrected chi connectivity index (χ4v) is 8.97. The summed E-state index contributed by atoms with van der Waals surface area (Å²) in [5.41, 5.74) is 14.5. The summed E-state index contributed by atoms with van der Waals surface area (Å²) in [6, 6.07) is 20.5. The van der Waals surface area contributed by atoms with E-state index in [1.54, 1.807) is 11.1 Å². The molecule has 1 fully saturated rings. The van der Waals surface area contributed by atoms with E-state index in [1.807, 2.05) is 0 Å². The van der Waals surface area contributed by atoms with E-state index in [1.165, 1.54) is 116 Å². The molecule has 2 nitrogen and oxygen atoms in total. The number of unbranched alkanes of at least 4 members (excludes halogenated alkanes) is 7. The normalized spacial score (nSPS) is 14.0. The van der Waals surface area contributed by atoms with Gasteiger partial charge in [0.15, 0.2) is 0 Å². The average Bonchev–Trinajstić information content (AvgIpc) is 3.55. The molecule has 0 aliphatic carbocycles. The van der Waals surface area contributed by atoms with Crippen LogP contribution in [0.25, 0.3) is 0 Å². The number of allylic oxidation sites excluding steroid dienone is 1. The van der Waals surface area contributed by atoms with Crippen LogP contribution in [0.15, 0.2) is 66.0 Å². The first-order valence-electron chi connectivity index (χ1n) is 17.5. The van der Waals surface area contributed by atoms with Gasteiger partial charge in [-0.1, -0.05) is 132 Å². The maximum absolute atomic E-state index is 4.85. The second kappa shape index (κ2) is 21.5. The average molecular weight is 781 g/mol. The molecule has 1 heterocycles. The van der Waals surface area contributed by atoms with E-state index in [0.29, 0.717) is 5.92 Å². The van der Waals surface area contributed by atoms with Crippen molar-refractivity contribution >= 4 is 33.4 Å². The molecule has 3 aromatic rings. The van der Waals surface area contributed by atoms with E-state index in [9.17, 15) is 0 Å². The van der Waals surface area contributed by atoms with Crippen LogP contribution >= 0.6 is 27.6 Å². The second-order valence-electron chi connectivity index (χ2n) is 13.3. The van der Waals surface area contributed by atoms with Crippen molar-refractivity contribution in [3.63, 3.8) is 0 Å². The Morgan fingerprint density at radius 3 is 1.70 bits per heavy atom. The van der Waals surface area contributed by atoms with Crippen LogP contribution in [0.4, 0.5) is 0 Å². The predicted molar refractivity (Wildman–Crippen MR) is 207 cm³/mol. The molecule has 0 radical (unpaired) electrons. The SMILES string of the molecule is CCCCCCCCCCC(C(=C1NCCN1)C(P=Cc1ccccc1)c1c(C)cc(C)cc1C)c1c(C)cc(C)cc1C.[Cl][Ru][Cl]. The number of nitrogens with one attached hydrogen (secondary N) is 2. The maximum atomic E-state index is 4.85. The minimum atomic E-state index is -0.346. The predicted octanol–water partition coefficient (Wildman–Crippen LogP) is 12.5. The van der Waals surface area contributed by atoms with Crippen LogP contribution < -0.4 is 10.6 Å². The Balaban J connectivity index is 0.00000192. The van der Waals surface area contributed by atoms with Gasteiger partial charge < -0.3 is 10.6 Å². The number of rotatable bonds is 15. The number of hydrogen-bond donors (Lipinski definition) is 2. The van der Waals surface area contributed by atoms with Gasteiger partial charge in [0.2, 0.25) is 0 Å². The Kier molecular flexibility index (Phi) is 18.2. The van der Waals surface area contributed by atoms with Gasteiger partial charge in [-0.05, 0) is 98.3 Å². The van der Waals surface area contributed by atoms with Gasteiger partial charge in [-0.25, -0.2) is 0 Å². The van der Waals surface area contributed by atoms with Gasteiger partial charge >= 0.3 is 34.5 Å². The van der Waals surface area contributed by atoms with Crippen LogP contribution in [0, 0.1) is 41.5 Å². The molecule has 47 heavy (non-hydrogen) atoms. The standard InChI is InChI=1S/C41H57N2P.2ClH.Ru/c1-8-9-10-11-12-13-14-18-21-36(37-31(4)24-29(2)25-32(37)5)39(41-42-22-23-43-41)40(44-28-35-19-16-15-17-20-35)38-33(6)26-30(3)27-34(38)7;;;/h15-17,19-20,24-28,36,40,42-43H,8-14,18,21-23H2,1-7H3;2*1H;/q;;;+2/p-2. The van der Waals surface area contributed by atoms with Gasteiger partial charge in [0.05, 0.1) is 11.5 Å². The van der Waals surface area contributed by atoms with Gasteiger partial charge in [0, 0.05) is 19.0 Å². The monoisotopic (exact) mass is 780 g/mol. The van der Waals surface area contributed by atoms with Crippen molar-refractivity contribution in [1.29, 1.82) is 0 Å². The zero-order chi connectivity index (χ0) is 34.2. The van der Waals surface area contributed by atoms with E-state index >= 15 is 0 Å². The van der Waals surface area contributed by atoms with Crippen molar-refractivity contribution in [3.8, 4) is 0 Å². The van der Waals surface area contributed by atoms with Crippen molar-refractivity contribution in [2.75, 3.05) is 13.1 Å². The fraction of sp³-hybridized carbons (Fsp3) is 0.488. The minimum absolute atomic E-state index is 0.253. The molecule has 2 N–H and O–H groups in total. The van der Waals surface area contributed by atoms with E-state index in [0.717, 1.165) is 13.1 Å². The second-order valence-corrected chi connectivity index (χ2v) is 17.0. The molecule has 0 aromatic heterocycles. The van der Waals surface area contributed by atoms with Crippen molar-refractivity contribution in [2.24, 2.45) is 0 Å². The molecule has 1 saturated heterocycles. The van der Waals surface area contributed by atoms with E-state index in [2.05, 4.69) is 119 Å². The zero-order valence-electron chi connectivity index (χ0n) is 29.8. The van der Waals surface area contributed by atoms with Crippen molar-refractivity contribution in [3.05, 3.63) is 116 Å². The quantitative estimate of drug-likeness (QED) is 0.0912. The molecule has 0 amide bonds. The third-order valence-electron chi connectivity index (χ3n) is 9.30. The molecule has 1 aliphatic rings. The number of aryl methyl sites for hydroxylation is 6. The molecule has 4 rings (SSSR count). The third-order valence-corrected chi connectivity index (χ3v) is 10.6. The first kappa shape index (κ1) is 39.8. The topological polar surface area (TPSA) is 24.1 Å². The Morgan fingerprint density at radius 1 is 0.723 bits per heavy atom. The molecule has 0 saturated carbocycles. The van der Waals surface area contributed by atoms with Crippen molar-refractivity contribution < 1.29 is 15.1 Å². The summed E-state index contributed by atoms with van der Waals surface area (Å²) in [4.78, 5) is 0. The molecule has 6 heteroatoms. The van der Waals surface area contributed by atoms with Gasteiger partial charge in [-0.3, -0.25) is 0 Å². The van der Waals surface area contributed by atoms with E-state index < -0.39 is 0 Å². The summed E-state index contributed by atoms with van der Waals surface area (Å²) in [7, 11) is 11.0. The van der Waals surface area contributed by atoms with Crippen molar-refractivity contribution in [2.45, 2.75) is 118 Å². The summed E-state index contributed by atoms with van der Waals surface area (Å²) in [5, 5.41) is 7.67. The molecule has 2 unspecified atom stereocenters. The van der Waals surface area contributed by atoms with Crippen LogP contribution in [-0.2, 0) is 15.1 Å². The Labute approximate surface area is 304 Å². The van der Waals surface area contributed by atoms with Crippen molar-refractivity contribution in [1.82, 2.24) is 10.6 Å². The van der Waals surface area contributed by atoms with Gasteiger partial charge in [-0.15, -0.1) is 0 Å². The van der Waals surface area contributed by atoms with Crippen LogP contribution in [0.5, 0.6) is 0 Å². The molecular formula is C41H57Cl2N2PRu. The van der Waals surface area contributed by atoms with Gasteiger partial charge in [0.1, 0.15) is 0 Å². The molecule has 3 aromatic carbocycles. The van der Waals surface area contributed by atoms with Crippen LogP contribution in [-0.4, -0.2) is 18.9 Å². The fourth-order valence-electron chi connectivity index (χ4n) is 7.45. The summed E-state index contributed by atoms with van der Waals surface area (Å²) in [5.74, 6) is 4.07. The molecule has 0 bridgehead atoms.